The molecule has 6 heteroatoms. The van der Waals surface area contributed by atoms with Gasteiger partial charge in [0.2, 0.25) is 0 Å². The van der Waals surface area contributed by atoms with Gasteiger partial charge in [0.1, 0.15) is 12.4 Å². The van der Waals surface area contributed by atoms with Crippen LogP contribution in [0.15, 0.2) is 36.8 Å². The number of imidazole rings is 1. The van der Waals surface area contributed by atoms with Gasteiger partial charge in [0.25, 0.3) is 0 Å². The van der Waals surface area contributed by atoms with E-state index in [-0.39, 0.29) is 12.1 Å². The van der Waals surface area contributed by atoms with Gasteiger partial charge in [0, 0.05) is 17.4 Å². The van der Waals surface area contributed by atoms with Crippen LogP contribution in [-0.2, 0) is 0 Å². The van der Waals surface area contributed by atoms with Crippen LogP contribution in [0.4, 0.5) is 0 Å². The lowest BCUT2D eigenvalue weighted by molar-refractivity contribution is -0.255. The summed E-state index contributed by atoms with van der Waals surface area (Å²) in [5.41, 5.74) is 1.12. The van der Waals surface area contributed by atoms with Crippen molar-refractivity contribution in [2.75, 3.05) is 0 Å². The number of benzene rings is 1. The summed E-state index contributed by atoms with van der Waals surface area (Å²) in [7, 11) is 0. The molecule has 4 bridgehead atoms. The van der Waals surface area contributed by atoms with E-state index in [4.69, 9.17) is 0 Å². The first-order valence-electron chi connectivity index (χ1n) is 9.89. The summed E-state index contributed by atoms with van der Waals surface area (Å²) in [6.07, 6.45) is 6.57. The SMILES string of the molecule is O[C@H](N[C@H]1c2ccccc2-c2cncn21)C12CC3CC(O)(CC(O)(C3)C1)C2. The van der Waals surface area contributed by atoms with Crippen molar-refractivity contribution < 1.29 is 15.3 Å². The maximum atomic E-state index is 11.3. The maximum Gasteiger partial charge on any atom is 0.114 e. The Labute approximate surface area is 157 Å². The van der Waals surface area contributed by atoms with E-state index in [0.717, 1.165) is 36.1 Å². The van der Waals surface area contributed by atoms with Gasteiger partial charge in [-0.3, -0.25) is 5.32 Å². The van der Waals surface area contributed by atoms with Crippen molar-refractivity contribution in [3.8, 4) is 11.3 Å². The Morgan fingerprint density at radius 3 is 2.56 bits per heavy atom. The molecule has 2 heterocycles. The molecule has 4 atom stereocenters. The number of fused-ring (bicyclic) bond motifs is 3. The van der Waals surface area contributed by atoms with E-state index in [0.29, 0.717) is 19.3 Å². The number of aliphatic hydroxyl groups is 3. The number of aliphatic hydroxyl groups excluding tert-OH is 1. The smallest absolute Gasteiger partial charge is 0.114 e. The zero-order valence-electron chi connectivity index (χ0n) is 15.2. The van der Waals surface area contributed by atoms with Crippen LogP contribution in [0.2, 0.25) is 0 Å². The van der Waals surface area contributed by atoms with E-state index in [1.807, 2.05) is 18.3 Å². The minimum atomic E-state index is -0.843. The molecule has 1 aromatic carbocycles. The molecular weight excluding hydrogens is 342 g/mol. The first-order chi connectivity index (χ1) is 12.9. The second kappa shape index (κ2) is 5.00. The molecular formula is C21H25N3O3. The zero-order chi connectivity index (χ0) is 18.4. The van der Waals surface area contributed by atoms with Gasteiger partial charge in [0.15, 0.2) is 0 Å². The molecule has 0 radical (unpaired) electrons. The Morgan fingerprint density at radius 2 is 1.81 bits per heavy atom. The standard InChI is InChI=1S/C21H25N3O3/c25-18(19-5-13-6-20(26,9-19)11-21(27,7-13)10-19)23-17-15-4-2-1-3-14(15)16-8-22-12-24(16)17/h1-4,8,12-13,17-18,23,25-27H,5-7,9-11H2/t13?,17-,18+,19?,20?,21?/m1/s1. The van der Waals surface area contributed by atoms with Crippen molar-refractivity contribution >= 4 is 0 Å². The molecule has 0 saturated heterocycles. The molecule has 27 heavy (non-hydrogen) atoms. The summed E-state index contributed by atoms with van der Waals surface area (Å²) >= 11 is 0. The van der Waals surface area contributed by atoms with Crippen LogP contribution in [0.3, 0.4) is 0 Å². The average molecular weight is 367 g/mol. The van der Waals surface area contributed by atoms with E-state index in [9.17, 15) is 15.3 Å². The number of aromatic nitrogens is 2. The molecule has 142 valence electrons. The number of nitrogens with zero attached hydrogens (tertiary/aromatic N) is 2. The number of nitrogens with one attached hydrogen (secondary N) is 1. The summed E-state index contributed by atoms with van der Waals surface area (Å²) in [6.45, 7) is 0. The van der Waals surface area contributed by atoms with E-state index < -0.39 is 22.8 Å². The summed E-state index contributed by atoms with van der Waals surface area (Å²) in [4.78, 5) is 4.28. The molecule has 0 spiro atoms. The number of hydrogen-bond acceptors (Lipinski definition) is 5. The van der Waals surface area contributed by atoms with Crippen molar-refractivity contribution in [2.24, 2.45) is 11.3 Å². The van der Waals surface area contributed by atoms with Crippen LogP contribution in [0.5, 0.6) is 0 Å². The van der Waals surface area contributed by atoms with Crippen LogP contribution >= 0.6 is 0 Å². The Morgan fingerprint density at radius 1 is 1.07 bits per heavy atom. The van der Waals surface area contributed by atoms with Crippen LogP contribution in [0.1, 0.15) is 50.3 Å². The Kier molecular flexibility index (Phi) is 3.01. The highest BCUT2D eigenvalue weighted by molar-refractivity contribution is 5.68. The van der Waals surface area contributed by atoms with Gasteiger partial charge in [-0.05, 0) is 43.6 Å². The Bertz CT molecular complexity index is 907. The third kappa shape index (κ3) is 2.18. The zero-order valence-corrected chi connectivity index (χ0v) is 15.2. The monoisotopic (exact) mass is 367 g/mol. The van der Waals surface area contributed by atoms with Gasteiger partial charge in [-0.1, -0.05) is 24.3 Å². The van der Waals surface area contributed by atoms with Crippen molar-refractivity contribution in [1.29, 1.82) is 0 Å². The van der Waals surface area contributed by atoms with Gasteiger partial charge < -0.3 is 19.9 Å². The lowest BCUT2D eigenvalue weighted by Crippen LogP contribution is -2.67. The van der Waals surface area contributed by atoms with Crippen molar-refractivity contribution in [3.05, 3.63) is 42.4 Å². The van der Waals surface area contributed by atoms with E-state index >= 15 is 0 Å². The fraction of sp³-hybridized carbons (Fsp3) is 0.571. The van der Waals surface area contributed by atoms with E-state index in [1.165, 1.54) is 0 Å². The molecule has 7 rings (SSSR count). The fourth-order valence-electron chi connectivity index (χ4n) is 7.05. The fourth-order valence-corrected chi connectivity index (χ4v) is 7.05. The normalized spacial score (nSPS) is 42.2. The predicted molar refractivity (Wildman–Crippen MR) is 98.5 cm³/mol. The summed E-state index contributed by atoms with van der Waals surface area (Å²) in [5.74, 6) is 0.285. The Balaban J connectivity index is 1.35. The molecule has 0 amide bonds. The molecule has 2 aromatic rings. The van der Waals surface area contributed by atoms with Crippen LogP contribution < -0.4 is 5.32 Å². The van der Waals surface area contributed by atoms with Crippen LogP contribution in [0.25, 0.3) is 11.3 Å². The summed E-state index contributed by atoms with van der Waals surface area (Å²) < 4.78 is 2.05. The molecule has 4 fully saturated rings. The number of rotatable bonds is 3. The predicted octanol–water partition coefficient (Wildman–Crippen LogP) is 1.76. The van der Waals surface area contributed by atoms with Gasteiger partial charge in [-0.25, -0.2) is 4.98 Å². The second-order valence-corrected chi connectivity index (χ2v) is 9.56. The van der Waals surface area contributed by atoms with Gasteiger partial charge in [0.05, 0.1) is 29.4 Å². The van der Waals surface area contributed by atoms with E-state index in [1.54, 1.807) is 6.33 Å². The molecule has 5 aliphatic rings. The molecule has 1 aromatic heterocycles. The minimum Gasteiger partial charge on any atom is -0.390 e. The lowest BCUT2D eigenvalue weighted by atomic mass is 9.46. The van der Waals surface area contributed by atoms with Crippen molar-refractivity contribution in [1.82, 2.24) is 14.9 Å². The Hall–Kier alpha value is -1.73. The van der Waals surface area contributed by atoms with Gasteiger partial charge >= 0.3 is 0 Å². The third-order valence-electron chi connectivity index (χ3n) is 7.42. The van der Waals surface area contributed by atoms with Crippen LogP contribution in [-0.4, -0.2) is 42.3 Å². The largest absolute Gasteiger partial charge is 0.390 e. The highest BCUT2D eigenvalue weighted by atomic mass is 16.3. The van der Waals surface area contributed by atoms with Crippen LogP contribution in [0, 0.1) is 11.3 Å². The highest BCUT2D eigenvalue weighted by Gasteiger charge is 2.64. The maximum absolute atomic E-state index is 11.3. The van der Waals surface area contributed by atoms with E-state index in [2.05, 4.69) is 27.0 Å². The quantitative estimate of drug-likeness (QED) is 0.621. The minimum absolute atomic E-state index is 0.189. The molecule has 2 unspecified atom stereocenters. The molecule has 4 N–H and O–H groups in total. The molecule has 4 saturated carbocycles. The summed E-state index contributed by atoms with van der Waals surface area (Å²) in [5, 5.41) is 36.8. The molecule has 4 aliphatic carbocycles. The second-order valence-electron chi connectivity index (χ2n) is 9.56. The highest BCUT2D eigenvalue weighted by Crippen LogP contribution is 2.64. The molecule has 1 aliphatic heterocycles. The first-order valence-corrected chi connectivity index (χ1v) is 9.89. The third-order valence-corrected chi connectivity index (χ3v) is 7.42. The lowest BCUT2D eigenvalue weighted by Gasteiger charge is -2.64. The average Bonchev–Trinajstić information content (AvgIpc) is 3.14. The van der Waals surface area contributed by atoms with Crippen molar-refractivity contribution in [2.45, 2.75) is 62.1 Å². The topological polar surface area (TPSA) is 90.5 Å². The molecule has 6 nitrogen and oxygen atoms in total. The number of hydrogen-bond donors (Lipinski definition) is 4. The van der Waals surface area contributed by atoms with Gasteiger partial charge in [-0.15, -0.1) is 0 Å². The first kappa shape index (κ1) is 16.2. The summed E-state index contributed by atoms with van der Waals surface area (Å²) in [6, 6.07) is 8.18. The van der Waals surface area contributed by atoms with Gasteiger partial charge in [-0.2, -0.15) is 0 Å². The van der Waals surface area contributed by atoms with Crippen molar-refractivity contribution in [3.63, 3.8) is 0 Å².